The van der Waals surface area contributed by atoms with Gasteiger partial charge in [-0.15, -0.1) is 0 Å². The molecule has 156 valence electrons. The van der Waals surface area contributed by atoms with Crippen LogP contribution in [0.15, 0.2) is 36.4 Å². The van der Waals surface area contributed by atoms with E-state index in [-0.39, 0.29) is 36.1 Å². The Morgan fingerprint density at radius 3 is 2.65 bits per heavy atom. The number of carbonyl (C=O) groups is 1. The number of aliphatic carboxylic acids is 1. The molecule has 2 aromatic heterocycles. The van der Waals surface area contributed by atoms with E-state index < -0.39 is 5.97 Å². The van der Waals surface area contributed by atoms with Crippen LogP contribution in [-0.4, -0.2) is 59.7 Å². The normalized spacial score (nSPS) is 13.6. The van der Waals surface area contributed by atoms with Crippen molar-refractivity contribution in [2.45, 2.75) is 58.5 Å². The maximum absolute atomic E-state index is 11.4. The summed E-state index contributed by atoms with van der Waals surface area (Å²) in [5, 5.41) is 9.34. The molecule has 0 amide bonds. The Hall–Kier alpha value is -2.15. The van der Waals surface area contributed by atoms with Crippen LogP contribution in [0.25, 0.3) is 22.1 Å². The molecule has 2 aromatic carbocycles. The molecule has 1 aliphatic rings. The third-order valence-corrected chi connectivity index (χ3v) is 5.95. The molecule has 1 N–H and O–H groups in total. The first kappa shape index (κ1) is 22.1. The molecule has 0 unspecified atom stereocenters. The van der Waals surface area contributed by atoms with Gasteiger partial charge < -0.3 is 14.2 Å². The monoisotopic (exact) mass is 426 g/mol. The second-order valence-corrected chi connectivity index (χ2v) is 8.35. The molecule has 1 saturated carbocycles. The fourth-order valence-electron chi connectivity index (χ4n) is 4.36. The Morgan fingerprint density at radius 1 is 1.13 bits per heavy atom. The summed E-state index contributed by atoms with van der Waals surface area (Å²) in [7, 11) is 0. The quantitative estimate of drug-likeness (QED) is 0.453. The molecule has 7 heteroatoms. The second-order valence-electron chi connectivity index (χ2n) is 8.35. The first-order chi connectivity index (χ1) is 14.5. The molecule has 5 rings (SSSR count). The van der Waals surface area contributed by atoms with Crippen LogP contribution in [0.2, 0.25) is 0 Å². The predicted molar refractivity (Wildman–Crippen MR) is 124 cm³/mol. The molecule has 0 bridgehead atoms. The Balaban J connectivity index is 0.00000231. The van der Waals surface area contributed by atoms with Crippen LogP contribution in [0, 0.1) is 6.92 Å². The van der Waals surface area contributed by atoms with Crippen molar-refractivity contribution in [3.8, 4) is 0 Å². The molecule has 2 heterocycles. The van der Waals surface area contributed by atoms with Gasteiger partial charge in [0.1, 0.15) is 18.2 Å². The Bertz CT molecular complexity index is 1270. The second kappa shape index (κ2) is 8.77. The Kier molecular flexibility index (Phi) is 6.24. The van der Waals surface area contributed by atoms with Crippen molar-refractivity contribution < 1.29 is 9.90 Å². The fraction of sp³-hybridized carbons (Fsp3) is 0.375. The minimum absolute atomic E-state index is 0. The van der Waals surface area contributed by atoms with Gasteiger partial charge in [0.15, 0.2) is 0 Å². The van der Waals surface area contributed by atoms with Gasteiger partial charge in [0.2, 0.25) is 0 Å². The molecule has 4 aromatic rings. The minimum atomic E-state index is -0.829. The number of benzene rings is 2. The number of para-hydroxylation sites is 1. The summed E-state index contributed by atoms with van der Waals surface area (Å²) in [5.41, 5.74) is 6.37. The van der Waals surface area contributed by atoms with E-state index in [9.17, 15) is 9.90 Å². The Labute approximate surface area is 203 Å². The number of hydrogen-bond acceptors (Lipinski definition) is 3. The summed E-state index contributed by atoms with van der Waals surface area (Å²) in [6.45, 7) is 4.98. The number of carboxylic acids is 1. The van der Waals surface area contributed by atoms with Crippen LogP contribution < -0.4 is 0 Å². The SMILES string of the molecule is CCCc1nc2c(C)cccc2n1Cc1ccc2c(c1)nc(C1CC1)n2CC(=O)O.[NaH]. The molecular weight excluding hydrogens is 399 g/mol. The van der Waals surface area contributed by atoms with E-state index in [1.807, 2.05) is 10.6 Å². The summed E-state index contributed by atoms with van der Waals surface area (Å²) < 4.78 is 4.18. The van der Waals surface area contributed by atoms with E-state index >= 15 is 0 Å². The summed E-state index contributed by atoms with van der Waals surface area (Å²) in [5.74, 6) is 1.60. The van der Waals surface area contributed by atoms with Gasteiger partial charge in [-0.2, -0.15) is 0 Å². The van der Waals surface area contributed by atoms with Crippen LogP contribution in [0.4, 0.5) is 0 Å². The average Bonchev–Trinajstić information content (AvgIpc) is 3.42. The summed E-state index contributed by atoms with van der Waals surface area (Å²) >= 11 is 0. The topological polar surface area (TPSA) is 72.9 Å². The average molecular weight is 426 g/mol. The molecule has 0 spiro atoms. The zero-order chi connectivity index (χ0) is 20.8. The molecule has 1 aliphatic carbocycles. The van der Waals surface area contributed by atoms with E-state index in [2.05, 4.69) is 48.7 Å². The number of rotatable bonds is 7. The van der Waals surface area contributed by atoms with Gasteiger partial charge in [-0.05, 0) is 55.5 Å². The third kappa shape index (κ3) is 4.16. The third-order valence-electron chi connectivity index (χ3n) is 5.95. The number of hydrogen-bond donors (Lipinski definition) is 1. The molecule has 6 nitrogen and oxygen atoms in total. The van der Waals surface area contributed by atoms with Crippen molar-refractivity contribution in [2.24, 2.45) is 0 Å². The van der Waals surface area contributed by atoms with Crippen LogP contribution >= 0.6 is 0 Å². The van der Waals surface area contributed by atoms with E-state index in [0.29, 0.717) is 5.92 Å². The molecule has 0 saturated heterocycles. The van der Waals surface area contributed by atoms with Crippen LogP contribution in [0.5, 0.6) is 0 Å². The van der Waals surface area contributed by atoms with E-state index in [1.54, 1.807) is 0 Å². The van der Waals surface area contributed by atoms with Gasteiger partial charge in [-0.25, -0.2) is 9.97 Å². The Morgan fingerprint density at radius 2 is 1.94 bits per heavy atom. The van der Waals surface area contributed by atoms with Gasteiger partial charge in [0, 0.05) is 18.9 Å². The van der Waals surface area contributed by atoms with E-state index in [4.69, 9.17) is 9.97 Å². The molecule has 0 radical (unpaired) electrons. The van der Waals surface area contributed by atoms with Gasteiger partial charge in [-0.3, -0.25) is 4.79 Å². The first-order valence-electron chi connectivity index (χ1n) is 10.7. The first-order valence-corrected chi connectivity index (χ1v) is 10.7. The molecule has 0 aliphatic heterocycles. The number of aryl methyl sites for hydroxylation is 2. The maximum atomic E-state index is 11.4. The van der Waals surface area contributed by atoms with Crippen molar-refractivity contribution in [3.63, 3.8) is 0 Å². The summed E-state index contributed by atoms with van der Waals surface area (Å²) in [6.07, 6.45) is 4.17. The number of aromatic nitrogens is 4. The van der Waals surface area contributed by atoms with Crippen molar-refractivity contribution >= 4 is 57.6 Å². The molecular formula is C24H27N4NaO2. The standard InChI is InChI=1S/C24H26N4O2.Na.H/c1-3-5-21-26-23-15(2)6-4-7-20(23)27(21)13-16-8-11-19-18(12-16)25-24(17-9-10-17)28(19)14-22(29)30;;/h4,6-8,11-12,17H,3,5,9-10,13-14H2,1-2H3,(H,29,30);;. The number of imidazole rings is 2. The predicted octanol–water partition coefficient (Wildman–Crippen LogP) is 4.01. The van der Waals surface area contributed by atoms with Gasteiger partial charge in [0.25, 0.3) is 0 Å². The molecule has 0 atom stereocenters. The molecule has 1 fully saturated rings. The van der Waals surface area contributed by atoms with E-state index in [1.165, 1.54) is 5.56 Å². The zero-order valence-electron chi connectivity index (χ0n) is 17.4. The van der Waals surface area contributed by atoms with Gasteiger partial charge >= 0.3 is 35.5 Å². The van der Waals surface area contributed by atoms with Crippen molar-refractivity contribution in [1.82, 2.24) is 19.1 Å². The van der Waals surface area contributed by atoms with Crippen LogP contribution in [-0.2, 0) is 24.3 Å². The summed E-state index contributed by atoms with van der Waals surface area (Å²) in [6, 6.07) is 12.6. The van der Waals surface area contributed by atoms with E-state index in [0.717, 1.165) is 71.5 Å². The van der Waals surface area contributed by atoms with Crippen molar-refractivity contribution in [1.29, 1.82) is 0 Å². The zero-order valence-corrected chi connectivity index (χ0v) is 17.4. The van der Waals surface area contributed by atoms with Crippen molar-refractivity contribution in [3.05, 3.63) is 59.2 Å². The number of nitrogens with zero attached hydrogens (tertiary/aromatic N) is 4. The number of carboxylic acid groups (broad SMARTS) is 1. The van der Waals surface area contributed by atoms with Crippen LogP contribution in [0.1, 0.15) is 54.9 Å². The molecule has 31 heavy (non-hydrogen) atoms. The fourth-order valence-corrected chi connectivity index (χ4v) is 4.36. The van der Waals surface area contributed by atoms with Gasteiger partial charge in [-0.1, -0.05) is 25.1 Å². The number of fused-ring (bicyclic) bond motifs is 2. The summed E-state index contributed by atoms with van der Waals surface area (Å²) in [4.78, 5) is 21.1. The van der Waals surface area contributed by atoms with Crippen molar-refractivity contribution in [2.75, 3.05) is 0 Å². The van der Waals surface area contributed by atoms with Crippen LogP contribution in [0.3, 0.4) is 0 Å². The van der Waals surface area contributed by atoms with Gasteiger partial charge in [0.05, 0.1) is 22.1 Å².